The molecule has 1 unspecified atom stereocenters. The summed E-state index contributed by atoms with van der Waals surface area (Å²) in [6, 6.07) is 14.7. The van der Waals surface area contributed by atoms with Crippen LogP contribution in [0.3, 0.4) is 0 Å². The van der Waals surface area contributed by atoms with Gasteiger partial charge in [-0.05, 0) is 49.1 Å². The Bertz CT molecular complexity index is 940. The second-order valence-electron chi connectivity index (χ2n) is 6.12. The van der Waals surface area contributed by atoms with Gasteiger partial charge in [0, 0.05) is 12.6 Å². The van der Waals surface area contributed by atoms with Gasteiger partial charge in [-0.2, -0.15) is 4.31 Å². The van der Waals surface area contributed by atoms with Crippen LogP contribution in [0.4, 0.5) is 0 Å². The first kappa shape index (κ1) is 18.1. The number of rotatable bonds is 5. The molecule has 2 aromatic carbocycles. The van der Waals surface area contributed by atoms with Gasteiger partial charge >= 0.3 is 0 Å². The quantitative estimate of drug-likeness (QED) is 0.854. The maximum Gasteiger partial charge on any atom is 0.243 e. The normalized spacial score (nSPS) is 19.2. The molecule has 0 radical (unpaired) electrons. The van der Waals surface area contributed by atoms with Crippen LogP contribution in [0.5, 0.6) is 0 Å². The van der Waals surface area contributed by atoms with E-state index in [-0.39, 0.29) is 15.8 Å². The van der Waals surface area contributed by atoms with Gasteiger partial charge in [-0.3, -0.25) is 0 Å². The third kappa shape index (κ3) is 3.92. The largest absolute Gasteiger partial charge is 0.243 e. The Kier molecular flexibility index (Phi) is 4.97. The number of sulfonamides is 2. The number of primary sulfonamides is 1. The van der Waals surface area contributed by atoms with Crippen molar-refractivity contribution in [1.29, 1.82) is 0 Å². The molecule has 1 saturated heterocycles. The molecule has 2 aromatic rings. The summed E-state index contributed by atoms with van der Waals surface area (Å²) in [5.74, 6) is 0. The van der Waals surface area contributed by atoms with Crippen LogP contribution >= 0.6 is 0 Å². The minimum atomic E-state index is -3.84. The Morgan fingerprint density at radius 1 is 0.920 bits per heavy atom. The molecular weight excluding hydrogens is 360 g/mol. The SMILES string of the molecule is NS(=O)(=O)c1ccc(S(=O)(=O)N2CCCC2Cc2ccccc2)cc1. The minimum Gasteiger partial charge on any atom is -0.225 e. The Labute approximate surface area is 148 Å². The second kappa shape index (κ2) is 6.87. The monoisotopic (exact) mass is 380 g/mol. The zero-order chi connectivity index (χ0) is 18.1. The summed E-state index contributed by atoms with van der Waals surface area (Å²) in [5, 5.41) is 5.06. The number of nitrogens with zero attached hydrogens (tertiary/aromatic N) is 1. The van der Waals surface area contributed by atoms with E-state index in [0.29, 0.717) is 13.0 Å². The van der Waals surface area contributed by atoms with Crippen molar-refractivity contribution < 1.29 is 16.8 Å². The third-order valence-electron chi connectivity index (χ3n) is 4.40. The molecule has 1 atom stereocenters. The first-order valence-corrected chi connectivity index (χ1v) is 11.0. The second-order valence-corrected chi connectivity index (χ2v) is 9.57. The standard InChI is InChI=1S/C17H20N2O4S2/c18-24(20,21)16-8-10-17(11-9-16)25(22,23)19-12-4-7-15(19)13-14-5-2-1-3-6-14/h1-3,5-6,8-11,15H,4,7,12-13H2,(H2,18,20,21). The smallest absolute Gasteiger partial charge is 0.225 e. The van der Waals surface area contributed by atoms with Gasteiger partial charge in [0.05, 0.1) is 9.79 Å². The van der Waals surface area contributed by atoms with E-state index in [4.69, 9.17) is 5.14 Å². The lowest BCUT2D eigenvalue weighted by Gasteiger charge is -2.24. The van der Waals surface area contributed by atoms with Gasteiger partial charge in [0.2, 0.25) is 20.0 Å². The van der Waals surface area contributed by atoms with Gasteiger partial charge in [-0.25, -0.2) is 22.0 Å². The van der Waals surface area contributed by atoms with Gasteiger partial charge < -0.3 is 0 Å². The molecule has 0 aromatic heterocycles. The van der Waals surface area contributed by atoms with Crippen LogP contribution in [-0.4, -0.2) is 33.7 Å². The summed E-state index contributed by atoms with van der Waals surface area (Å²) in [6.07, 6.45) is 2.28. The zero-order valence-corrected chi connectivity index (χ0v) is 15.2. The first-order valence-electron chi connectivity index (χ1n) is 7.97. The molecule has 0 aliphatic carbocycles. The van der Waals surface area contributed by atoms with E-state index >= 15 is 0 Å². The summed E-state index contributed by atoms with van der Waals surface area (Å²) in [6.45, 7) is 0.469. The number of benzene rings is 2. The molecule has 134 valence electrons. The molecule has 0 amide bonds. The highest BCUT2D eigenvalue weighted by atomic mass is 32.2. The molecule has 8 heteroatoms. The fraction of sp³-hybridized carbons (Fsp3) is 0.294. The highest BCUT2D eigenvalue weighted by molar-refractivity contribution is 7.89. The van der Waals surface area contributed by atoms with Gasteiger partial charge in [0.15, 0.2) is 0 Å². The summed E-state index contributed by atoms with van der Waals surface area (Å²) >= 11 is 0. The average molecular weight is 380 g/mol. The predicted octanol–water partition coefficient (Wildman–Crippen LogP) is 1.73. The van der Waals surface area contributed by atoms with Gasteiger partial charge in [0.25, 0.3) is 0 Å². The van der Waals surface area contributed by atoms with Crippen molar-refractivity contribution in [2.24, 2.45) is 5.14 Å². The van der Waals surface area contributed by atoms with Crippen LogP contribution in [0, 0.1) is 0 Å². The molecule has 3 rings (SSSR count). The highest BCUT2D eigenvalue weighted by Gasteiger charge is 2.35. The van der Waals surface area contributed by atoms with E-state index in [9.17, 15) is 16.8 Å². The Morgan fingerprint density at radius 3 is 2.12 bits per heavy atom. The molecule has 0 bridgehead atoms. The molecule has 2 N–H and O–H groups in total. The van der Waals surface area contributed by atoms with Crippen LogP contribution in [0.15, 0.2) is 64.4 Å². The van der Waals surface area contributed by atoms with Crippen molar-refractivity contribution in [3.8, 4) is 0 Å². The summed E-state index contributed by atoms with van der Waals surface area (Å²) in [7, 11) is -7.52. The summed E-state index contributed by atoms with van der Waals surface area (Å²) in [5.41, 5.74) is 1.10. The maximum atomic E-state index is 12.9. The van der Waals surface area contributed by atoms with E-state index in [2.05, 4.69) is 0 Å². The van der Waals surface area contributed by atoms with E-state index in [0.717, 1.165) is 18.4 Å². The molecule has 0 saturated carbocycles. The number of nitrogens with two attached hydrogens (primary N) is 1. The zero-order valence-electron chi connectivity index (χ0n) is 13.6. The Morgan fingerprint density at radius 2 is 1.52 bits per heavy atom. The van der Waals surface area contributed by atoms with Crippen LogP contribution in [0.1, 0.15) is 18.4 Å². The molecule has 1 aliphatic heterocycles. The molecular formula is C17H20N2O4S2. The summed E-state index contributed by atoms with van der Waals surface area (Å²) < 4.78 is 50.0. The van der Waals surface area contributed by atoms with Gasteiger partial charge in [0.1, 0.15) is 0 Å². The molecule has 6 nitrogen and oxygen atoms in total. The Hall–Kier alpha value is -1.74. The van der Waals surface area contributed by atoms with E-state index < -0.39 is 20.0 Å². The fourth-order valence-corrected chi connectivity index (χ4v) is 5.36. The van der Waals surface area contributed by atoms with E-state index in [1.165, 1.54) is 28.6 Å². The maximum absolute atomic E-state index is 12.9. The topological polar surface area (TPSA) is 97.5 Å². The first-order chi connectivity index (χ1) is 11.8. The van der Waals surface area contributed by atoms with Crippen molar-refractivity contribution in [3.63, 3.8) is 0 Å². The van der Waals surface area contributed by atoms with Crippen molar-refractivity contribution in [2.45, 2.75) is 35.1 Å². The van der Waals surface area contributed by atoms with Crippen LogP contribution in [0.25, 0.3) is 0 Å². The molecule has 0 spiro atoms. The van der Waals surface area contributed by atoms with Gasteiger partial charge in [-0.1, -0.05) is 30.3 Å². The van der Waals surface area contributed by atoms with Gasteiger partial charge in [-0.15, -0.1) is 0 Å². The minimum absolute atomic E-state index is 0.0832. The van der Waals surface area contributed by atoms with Crippen molar-refractivity contribution >= 4 is 20.0 Å². The lowest BCUT2D eigenvalue weighted by molar-refractivity contribution is 0.385. The number of hydrogen-bond acceptors (Lipinski definition) is 4. The molecule has 1 fully saturated rings. The molecule has 25 heavy (non-hydrogen) atoms. The van der Waals surface area contributed by atoms with E-state index in [1.54, 1.807) is 0 Å². The average Bonchev–Trinajstić information content (AvgIpc) is 3.04. The molecule has 1 heterocycles. The highest BCUT2D eigenvalue weighted by Crippen LogP contribution is 2.28. The van der Waals surface area contributed by atoms with Crippen LogP contribution in [-0.2, 0) is 26.5 Å². The Balaban J connectivity index is 1.85. The third-order valence-corrected chi connectivity index (χ3v) is 7.29. The van der Waals surface area contributed by atoms with Crippen molar-refractivity contribution in [3.05, 3.63) is 60.2 Å². The van der Waals surface area contributed by atoms with E-state index in [1.807, 2.05) is 30.3 Å². The lowest BCUT2D eigenvalue weighted by atomic mass is 10.1. The number of hydrogen-bond donors (Lipinski definition) is 1. The lowest BCUT2D eigenvalue weighted by Crippen LogP contribution is -2.36. The van der Waals surface area contributed by atoms with Crippen molar-refractivity contribution in [1.82, 2.24) is 4.31 Å². The molecule has 1 aliphatic rings. The fourth-order valence-electron chi connectivity index (χ4n) is 3.15. The van der Waals surface area contributed by atoms with Crippen LogP contribution < -0.4 is 5.14 Å². The van der Waals surface area contributed by atoms with Crippen LogP contribution in [0.2, 0.25) is 0 Å². The van der Waals surface area contributed by atoms with Crippen molar-refractivity contribution in [2.75, 3.05) is 6.54 Å². The predicted molar refractivity (Wildman–Crippen MR) is 94.9 cm³/mol. The summed E-state index contributed by atoms with van der Waals surface area (Å²) in [4.78, 5) is -0.0198.